The molecular weight excluding hydrogens is 917 g/mol. The molecule has 0 amide bonds. The van der Waals surface area contributed by atoms with Gasteiger partial charge in [-0.2, -0.15) is 0 Å². The summed E-state index contributed by atoms with van der Waals surface area (Å²) >= 11 is 0. The molecule has 0 radical (unpaired) electrons. The fourth-order valence-corrected chi connectivity index (χ4v) is 10.5. The van der Waals surface area contributed by atoms with E-state index in [1.54, 1.807) is 0 Å². The second-order valence-corrected chi connectivity index (χ2v) is 19.1. The van der Waals surface area contributed by atoms with Crippen LogP contribution in [0.2, 0.25) is 0 Å². The lowest BCUT2D eigenvalue weighted by molar-refractivity contribution is 1.23. The van der Waals surface area contributed by atoms with E-state index in [-0.39, 0.29) is 0 Å². The molecule has 0 fully saturated rings. The first-order valence-electron chi connectivity index (χ1n) is 25.9. The van der Waals surface area contributed by atoms with Crippen LogP contribution in [0.3, 0.4) is 0 Å². The van der Waals surface area contributed by atoms with Crippen molar-refractivity contribution in [3.05, 3.63) is 321 Å². The normalized spacial score (nSPS) is 11.4. The Bertz CT molecular complexity index is 4020. The second kappa shape index (κ2) is 21.2. The molecule has 0 saturated carbocycles. The minimum absolute atomic E-state index is 0.821. The Labute approximate surface area is 446 Å². The third kappa shape index (κ3) is 9.67. The van der Waals surface area contributed by atoms with Gasteiger partial charge in [-0.3, -0.25) is 0 Å². The van der Waals surface area contributed by atoms with Gasteiger partial charge in [-0.25, -0.2) is 0 Å². The lowest BCUT2D eigenvalue weighted by Gasteiger charge is -2.29. The maximum atomic E-state index is 4.84. The molecule has 12 rings (SSSR count). The SMILES string of the molecule is C=C/C=C\c1c(/C=C\C(=C)N(c2cc(-c3ccccc3)cc(-c3ccccc3)c2)c2ccc3ccccc3c2)ccc2c(N(c3cc(-c4ccccc4)cc(-c4ccccc4)c3)c3ccc4ccccc4c3)cccc12. The smallest absolute Gasteiger partial charge is 0.0540 e. The fraction of sp³-hybridized carbons (Fsp3) is 0. The van der Waals surface area contributed by atoms with Crippen molar-refractivity contribution in [1.82, 2.24) is 0 Å². The van der Waals surface area contributed by atoms with Gasteiger partial charge in [0, 0.05) is 33.8 Å². The Morgan fingerprint density at radius 1 is 0.329 bits per heavy atom. The molecule has 2 heteroatoms. The van der Waals surface area contributed by atoms with E-state index in [1.807, 2.05) is 12.2 Å². The van der Waals surface area contributed by atoms with Gasteiger partial charge >= 0.3 is 0 Å². The number of nitrogens with zero attached hydrogens (tertiary/aromatic N) is 2. The van der Waals surface area contributed by atoms with Gasteiger partial charge in [0.25, 0.3) is 0 Å². The van der Waals surface area contributed by atoms with Crippen LogP contribution in [0.4, 0.5) is 28.4 Å². The zero-order chi connectivity index (χ0) is 51.2. The molecule has 0 saturated heterocycles. The Balaban J connectivity index is 1.02. The maximum absolute atomic E-state index is 4.84. The summed E-state index contributed by atoms with van der Waals surface area (Å²) in [6.45, 7) is 8.96. The third-order valence-corrected chi connectivity index (χ3v) is 14.3. The molecule has 0 spiro atoms. The Morgan fingerprint density at radius 3 is 1.30 bits per heavy atom. The summed E-state index contributed by atoms with van der Waals surface area (Å²) in [7, 11) is 0. The van der Waals surface area contributed by atoms with Crippen molar-refractivity contribution in [1.29, 1.82) is 0 Å². The lowest BCUT2D eigenvalue weighted by Crippen LogP contribution is -2.14. The number of hydrogen-bond acceptors (Lipinski definition) is 2. The minimum atomic E-state index is 0.821. The molecule has 0 bridgehead atoms. The number of hydrogen-bond donors (Lipinski definition) is 0. The van der Waals surface area contributed by atoms with Crippen molar-refractivity contribution in [2.75, 3.05) is 9.80 Å². The molecule has 0 atom stereocenters. The second-order valence-electron chi connectivity index (χ2n) is 19.1. The van der Waals surface area contributed by atoms with Gasteiger partial charge in [-0.15, -0.1) is 0 Å². The van der Waals surface area contributed by atoms with Crippen molar-refractivity contribution in [3.63, 3.8) is 0 Å². The van der Waals surface area contributed by atoms with Gasteiger partial charge in [0.15, 0.2) is 0 Å². The quantitative estimate of drug-likeness (QED) is 0.100. The van der Waals surface area contributed by atoms with Crippen LogP contribution in [0.5, 0.6) is 0 Å². The highest BCUT2D eigenvalue weighted by atomic mass is 15.1. The van der Waals surface area contributed by atoms with Gasteiger partial charge < -0.3 is 9.80 Å². The molecule has 12 aromatic carbocycles. The molecule has 2 nitrogen and oxygen atoms in total. The van der Waals surface area contributed by atoms with Crippen molar-refractivity contribution < 1.29 is 0 Å². The Hall–Kier alpha value is -10.0. The highest BCUT2D eigenvalue weighted by molar-refractivity contribution is 6.05. The topological polar surface area (TPSA) is 6.48 Å². The van der Waals surface area contributed by atoms with Crippen molar-refractivity contribution >= 4 is 72.9 Å². The Morgan fingerprint density at radius 2 is 0.789 bits per heavy atom. The Kier molecular flexibility index (Phi) is 13.1. The van der Waals surface area contributed by atoms with E-state index in [0.717, 1.165) is 106 Å². The van der Waals surface area contributed by atoms with E-state index >= 15 is 0 Å². The molecule has 0 unspecified atom stereocenters. The van der Waals surface area contributed by atoms with E-state index in [1.165, 1.54) is 16.2 Å². The molecule has 0 aliphatic rings. The summed E-state index contributed by atoms with van der Waals surface area (Å²) in [5.74, 6) is 0. The highest BCUT2D eigenvalue weighted by Gasteiger charge is 2.21. The summed E-state index contributed by atoms with van der Waals surface area (Å²) in [6, 6.07) is 98.3. The molecule has 0 aromatic heterocycles. The average molecular weight is 971 g/mol. The van der Waals surface area contributed by atoms with Gasteiger partial charge in [-0.05, 0) is 155 Å². The van der Waals surface area contributed by atoms with E-state index in [4.69, 9.17) is 6.58 Å². The number of allylic oxidation sites excluding steroid dienone is 3. The number of benzene rings is 12. The molecule has 12 aromatic rings. The monoisotopic (exact) mass is 970 g/mol. The van der Waals surface area contributed by atoms with E-state index in [0.29, 0.717) is 0 Å². The molecule has 0 N–H and O–H groups in total. The van der Waals surface area contributed by atoms with Crippen LogP contribution < -0.4 is 9.80 Å². The average Bonchev–Trinajstić information content (AvgIpc) is 3.54. The molecule has 0 aliphatic heterocycles. The van der Waals surface area contributed by atoms with Gasteiger partial charge in [0.1, 0.15) is 0 Å². The van der Waals surface area contributed by atoms with Crippen LogP contribution >= 0.6 is 0 Å². The highest BCUT2D eigenvalue weighted by Crippen LogP contribution is 2.45. The zero-order valence-corrected chi connectivity index (χ0v) is 42.2. The van der Waals surface area contributed by atoms with Crippen LogP contribution in [0, 0.1) is 0 Å². The van der Waals surface area contributed by atoms with Crippen LogP contribution in [0.1, 0.15) is 11.1 Å². The number of rotatable bonds is 14. The van der Waals surface area contributed by atoms with Crippen LogP contribution in [0.25, 0.3) is 89.0 Å². The summed E-state index contributed by atoms with van der Waals surface area (Å²) in [5.41, 5.74) is 17.4. The first-order valence-corrected chi connectivity index (χ1v) is 25.9. The minimum Gasteiger partial charge on any atom is -0.311 e. The van der Waals surface area contributed by atoms with Crippen molar-refractivity contribution in [2.45, 2.75) is 0 Å². The van der Waals surface area contributed by atoms with Gasteiger partial charge in [0.2, 0.25) is 0 Å². The number of fused-ring (bicyclic) bond motifs is 3. The molecule has 360 valence electrons. The largest absolute Gasteiger partial charge is 0.311 e. The number of anilines is 5. The van der Waals surface area contributed by atoms with Gasteiger partial charge in [0.05, 0.1) is 5.69 Å². The molecular formula is C74H54N2. The first-order chi connectivity index (χ1) is 37.5. The predicted octanol–water partition coefficient (Wildman–Crippen LogP) is 20.8. The predicted molar refractivity (Wildman–Crippen MR) is 328 cm³/mol. The summed E-state index contributed by atoms with van der Waals surface area (Å²) in [6.07, 6.45) is 10.4. The van der Waals surface area contributed by atoms with E-state index in [2.05, 4.69) is 308 Å². The van der Waals surface area contributed by atoms with Crippen LogP contribution in [0.15, 0.2) is 310 Å². The fourth-order valence-electron chi connectivity index (χ4n) is 10.5. The first kappa shape index (κ1) is 47.0. The summed E-state index contributed by atoms with van der Waals surface area (Å²) < 4.78 is 0. The van der Waals surface area contributed by atoms with Crippen LogP contribution in [-0.2, 0) is 0 Å². The summed E-state index contributed by atoms with van der Waals surface area (Å²) in [5, 5.41) is 6.95. The van der Waals surface area contributed by atoms with E-state index in [9.17, 15) is 0 Å². The third-order valence-electron chi connectivity index (χ3n) is 14.3. The van der Waals surface area contributed by atoms with E-state index < -0.39 is 0 Å². The van der Waals surface area contributed by atoms with Gasteiger partial charge in [-0.1, -0.05) is 244 Å². The van der Waals surface area contributed by atoms with Crippen molar-refractivity contribution in [3.8, 4) is 44.5 Å². The summed E-state index contributed by atoms with van der Waals surface area (Å²) in [4.78, 5) is 4.72. The molecule has 0 heterocycles. The molecule has 0 aliphatic carbocycles. The maximum Gasteiger partial charge on any atom is 0.0540 e. The lowest BCUT2D eigenvalue weighted by atomic mass is 9.94. The van der Waals surface area contributed by atoms with Crippen LogP contribution in [-0.4, -0.2) is 0 Å². The van der Waals surface area contributed by atoms with Crippen molar-refractivity contribution in [2.24, 2.45) is 0 Å². The molecule has 76 heavy (non-hydrogen) atoms. The zero-order valence-electron chi connectivity index (χ0n) is 42.2. The standard InChI is InChI=1S/C74H54N2/c1-3-4-34-71-60(38-37-53(2)75(67-42-39-58-30-17-19-32-61(58)47-67)69-49-63(54-22-9-5-10-23-54)45-64(50-69)55-24-11-6-12-25-55)41-44-73-72(71)35-21-36-74(73)76(68-43-40-59-31-18-20-33-62(59)48-68)70-51-65(56-26-13-7-14-27-56)46-66(52-70)57-28-15-8-16-29-57/h3-52H,1-2H2/b34-4-,38-37-.